The smallest absolute Gasteiger partial charge is 0.656 e. The molecule has 0 amide bonds. The summed E-state index contributed by atoms with van der Waals surface area (Å²) in [6, 6.07) is 52.6. The number of rotatable bonds is 4. The van der Waals surface area contributed by atoms with Gasteiger partial charge < -0.3 is 9.97 Å². The summed E-state index contributed by atoms with van der Waals surface area (Å²) in [5.41, 5.74) is 19.2. The van der Waals surface area contributed by atoms with E-state index in [-0.39, 0.29) is 28.9 Å². The van der Waals surface area contributed by atoms with Crippen LogP contribution >= 0.6 is 0 Å². The maximum absolute atomic E-state index is 5.54. The van der Waals surface area contributed by atoms with Gasteiger partial charge in [-0.3, -0.25) is 0 Å². The van der Waals surface area contributed by atoms with Gasteiger partial charge in [0.1, 0.15) is 0 Å². The van der Waals surface area contributed by atoms with Crippen LogP contribution in [0.25, 0.3) is 68.4 Å². The van der Waals surface area contributed by atoms with Gasteiger partial charge in [0.2, 0.25) is 0 Å². The average Bonchev–Trinajstić information content (AvgIpc) is 4.19. The zero-order valence-electron chi connectivity index (χ0n) is 39.9. The van der Waals surface area contributed by atoms with Crippen LogP contribution in [0.5, 0.6) is 0 Å². The van der Waals surface area contributed by atoms with E-state index in [9.17, 15) is 0 Å². The van der Waals surface area contributed by atoms with Crippen molar-refractivity contribution in [2.24, 2.45) is 9.98 Å². The minimum Gasteiger partial charge on any atom is -0.656 e. The Bertz CT molecular complexity index is 3530. The predicted molar refractivity (Wildman–Crippen MR) is 288 cm³/mol. The molecule has 0 saturated carbocycles. The van der Waals surface area contributed by atoms with Crippen LogP contribution in [-0.2, 0) is 17.1 Å². The molecule has 1 radical (unpaired) electrons. The number of allylic oxidation sites excluding steroid dienone is 6. The van der Waals surface area contributed by atoms with E-state index in [1.807, 2.05) is 0 Å². The van der Waals surface area contributed by atoms with Crippen molar-refractivity contribution in [1.82, 2.24) is 9.97 Å². The molecule has 2 aromatic heterocycles. The Morgan fingerprint density at radius 1 is 0.478 bits per heavy atom. The molecule has 2 atom stereocenters. The van der Waals surface area contributed by atoms with Gasteiger partial charge in [-0.05, 0) is 125 Å². The molecule has 5 heterocycles. The molecule has 3 aliphatic heterocycles. The van der Waals surface area contributed by atoms with Gasteiger partial charge >= 0.3 is 17.1 Å². The Hall–Kier alpha value is -7.30. The van der Waals surface area contributed by atoms with Crippen LogP contribution in [0.3, 0.4) is 0 Å². The molecule has 0 saturated heterocycles. The van der Waals surface area contributed by atoms with Crippen molar-refractivity contribution in [2.75, 3.05) is 0 Å². The summed E-state index contributed by atoms with van der Waals surface area (Å²) in [7, 11) is 0. The van der Waals surface area contributed by atoms with Crippen molar-refractivity contribution in [3.8, 4) is 22.5 Å². The maximum atomic E-state index is 5.54. The number of aliphatic imine (C=N–C) groups is 2. The van der Waals surface area contributed by atoms with E-state index in [0.29, 0.717) is 11.8 Å². The van der Waals surface area contributed by atoms with Crippen molar-refractivity contribution in [3.63, 3.8) is 0 Å². The number of hydrogen-bond acceptors (Lipinski definition) is 2. The minimum absolute atomic E-state index is 0. The summed E-state index contributed by atoms with van der Waals surface area (Å²) >= 11 is 0. The standard InChI is InChI=1S/C64H54N4.Cu/c1-39(2)45-25-28-55-56(36-45)42(6)58(32-44-19-11-8-12-20-44)60-30-27-49(66-60)37-61-51-21-13-15-23-53(51)63(67-61)48-34-46(40(3)4)33-47(35-48)41(5)57(31-43-17-9-7-10-18-43)59-29-26-50(65-59)38-62-52-22-14-16-24-54(52)64(55)68-62;/h7-42H,1-6H3;/q-2;+2/b49-37-,50-38-,57-31+,58-32+;. The van der Waals surface area contributed by atoms with E-state index in [2.05, 4.69) is 236 Å². The second-order valence-electron chi connectivity index (χ2n) is 19.1. The van der Waals surface area contributed by atoms with Gasteiger partial charge in [0.15, 0.2) is 0 Å². The largest absolute Gasteiger partial charge is 2.00 e. The Balaban J connectivity index is 0.00000553. The Kier molecular flexibility index (Phi) is 12.5. The maximum Gasteiger partial charge on any atom is 2.00 e. The molecule has 3 aliphatic rings. The fourth-order valence-electron chi connectivity index (χ4n) is 10.0. The molecule has 10 bridgehead atoms. The number of fused-ring (bicyclic) bond motifs is 17. The Labute approximate surface area is 416 Å². The molecule has 6 aromatic carbocycles. The van der Waals surface area contributed by atoms with Crippen molar-refractivity contribution in [2.45, 2.75) is 65.2 Å². The molecule has 0 spiro atoms. The fourth-order valence-corrected chi connectivity index (χ4v) is 10.0. The van der Waals surface area contributed by atoms with Crippen LogP contribution in [0.2, 0.25) is 0 Å². The van der Waals surface area contributed by atoms with Crippen LogP contribution in [0.1, 0.15) is 110 Å². The van der Waals surface area contributed by atoms with Crippen molar-refractivity contribution in [1.29, 1.82) is 0 Å². The van der Waals surface area contributed by atoms with Gasteiger partial charge in [0.25, 0.3) is 0 Å². The second-order valence-corrected chi connectivity index (χ2v) is 19.1. The third-order valence-corrected chi connectivity index (χ3v) is 13.9. The van der Waals surface area contributed by atoms with E-state index in [0.717, 1.165) is 101 Å². The fraction of sp³-hybridized carbons (Fsp3) is 0.156. The Morgan fingerprint density at radius 3 is 1.52 bits per heavy atom. The summed E-state index contributed by atoms with van der Waals surface area (Å²) in [4.78, 5) is 21.8. The molecule has 5 heteroatoms. The summed E-state index contributed by atoms with van der Waals surface area (Å²) in [5.74, 6) is 0.617. The first-order valence-electron chi connectivity index (χ1n) is 24.1. The minimum atomic E-state index is -0.0424. The molecule has 2 unspecified atom stereocenters. The number of benzene rings is 6. The predicted octanol–water partition coefficient (Wildman–Crippen LogP) is 16.3. The van der Waals surface area contributed by atoms with Crippen LogP contribution in [0.15, 0.2) is 202 Å². The monoisotopic (exact) mass is 941 g/mol. The van der Waals surface area contributed by atoms with Gasteiger partial charge in [0, 0.05) is 11.8 Å². The topological polar surface area (TPSA) is 52.9 Å². The first kappa shape index (κ1) is 45.5. The summed E-state index contributed by atoms with van der Waals surface area (Å²) < 4.78 is 0. The third kappa shape index (κ3) is 8.85. The molecular formula is C64H54CuN4. The van der Waals surface area contributed by atoms with Crippen molar-refractivity contribution < 1.29 is 17.1 Å². The SMILES string of the molecule is CC(C)c1cc2cc(c1)C(C)/C(=C\c1ccccc1)C1=N/C(=C\c3[n-]c(c4ccccc34)-c3ccc(C(C)C)cc3C(C)/C(=C\c3ccccc3)C3=N/C(=C\c4[n-]c-2c2ccccc42)C=C3)C=C1.[Cu+2]. The van der Waals surface area contributed by atoms with Gasteiger partial charge in [-0.25, -0.2) is 9.98 Å². The number of hydrogen-bond donors (Lipinski definition) is 0. The molecule has 0 fully saturated rings. The number of aromatic nitrogens is 2. The van der Waals surface area contributed by atoms with Crippen LogP contribution in [0.4, 0.5) is 0 Å². The Morgan fingerprint density at radius 2 is 0.971 bits per heavy atom. The van der Waals surface area contributed by atoms with Crippen LogP contribution in [0, 0.1) is 0 Å². The summed E-state index contributed by atoms with van der Waals surface area (Å²) in [6.45, 7) is 13.7. The van der Waals surface area contributed by atoms with E-state index in [1.54, 1.807) is 0 Å². The zero-order valence-corrected chi connectivity index (χ0v) is 40.8. The molecule has 8 aromatic rings. The molecule has 341 valence electrons. The van der Waals surface area contributed by atoms with E-state index in [4.69, 9.17) is 20.0 Å². The summed E-state index contributed by atoms with van der Waals surface area (Å²) in [5, 5.41) is 4.46. The number of nitrogens with zero attached hydrogens (tertiary/aromatic N) is 4. The normalized spacial score (nSPS) is 19.4. The quantitative estimate of drug-likeness (QED) is 0.165. The molecule has 11 rings (SSSR count). The van der Waals surface area contributed by atoms with Gasteiger partial charge in [-0.1, -0.05) is 199 Å². The molecule has 69 heavy (non-hydrogen) atoms. The second kappa shape index (κ2) is 19.0. The summed E-state index contributed by atoms with van der Waals surface area (Å²) in [6.07, 6.45) is 17.6. The van der Waals surface area contributed by atoms with Gasteiger partial charge in [-0.15, -0.1) is 22.8 Å². The van der Waals surface area contributed by atoms with Crippen LogP contribution < -0.4 is 9.97 Å². The van der Waals surface area contributed by atoms with Crippen molar-refractivity contribution in [3.05, 3.63) is 237 Å². The van der Waals surface area contributed by atoms with Gasteiger partial charge in [-0.2, -0.15) is 0 Å². The first-order valence-corrected chi connectivity index (χ1v) is 24.1. The van der Waals surface area contributed by atoms with E-state index < -0.39 is 0 Å². The van der Waals surface area contributed by atoms with Crippen molar-refractivity contribution >= 4 is 57.3 Å². The zero-order chi connectivity index (χ0) is 46.5. The molecule has 0 N–H and O–H groups in total. The first-order chi connectivity index (χ1) is 33.1. The third-order valence-electron chi connectivity index (χ3n) is 13.9. The van der Waals surface area contributed by atoms with E-state index in [1.165, 1.54) is 22.3 Å². The molecular weight excluding hydrogens is 888 g/mol. The van der Waals surface area contributed by atoms with E-state index >= 15 is 0 Å². The molecule has 4 nitrogen and oxygen atoms in total. The molecule has 0 aliphatic carbocycles. The van der Waals surface area contributed by atoms with Crippen LogP contribution in [-0.4, -0.2) is 11.4 Å². The average molecular weight is 943 g/mol. The van der Waals surface area contributed by atoms with Gasteiger partial charge in [0.05, 0.1) is 22.8 Å².